The molecule has 2 rings (SSSR count). The lowest BCUT2D eigenvalue weighted by molar-refractivity contribution is 0.122. The van der Waals surface area contributed by atoms with Crippen molar-refractivity contribution in [1.82, 2.24) is 14.5 Å². The van der Waals surface area contributed by atoms with Crippen LogP contribution in [0, 0.1) is 0 Å². The van der Waals surface area contributed by atoms with Gasteiger partial charge in [0.15, 0.2) is 0 Å². The fraction of sp³-hybridized carbons (Fsp3) is 1.00. The number of hydrogen-bond donors (Lipinski definition) is 1. The molecule has 0 spiro atoms. The molecule has 2 atom stereocenters. The van der Waals surface area contributed by atoms with Gasteiger partial charge >= 0.3 is 0 Å². The molecule has 0 aliphatic carbocycles. The lowest BCUT2D eigenvalue weighted by Crippen LogP contribution is -2.53. The van der Waals surface area contributed by atoms with Crippen LogP contribution in [-0.2, 0) is 10.0 Å². The van der Waals surface area contributed by atoms with Gasteiger partial charge in [0, 0.05) is 38.3 Å². The van der Waals surface area contributed by atoms with Crippen molar-refractivity contribution in [3.8, 4) is 0 Å². The van der Waals surface area contributed by atoms with Crippen LogP contribution in [0.1, 0.15) is 33.6 Å². The van der Waals surface area contributed by atoms with Crippen LogP contribution in [0.3, 0.4) is 0 Å². The zero-order chi connectivity index (χ0) is 14.0. The number of sulfonamides is 1. The number of hydrogen-bond acceptors (Lipinski definition) is 4. The van der Waals surface area contributed by atoms with Crippen LogP contribution in [0.25, 0.3) is 0 Å². The summed E-state index contributed by atoms with van der Waals surface area (Å²) in [5, 5.41) is 2.91. The van der Waals surface area contributed by atoms with Gasteiger partial charge in [-0.1, -0.05) is 0 Å². The molecule has 2 aliphatic heterocycles. The van der Waals surface area contributed by atoms with Crippen LogP contribution in [0.5, 0.6) is 0 Å². The van der Waals surface area contributed by atoms with E-state index < -0.39 is 10.0 Å². The van der Waals surface area contributed by atoms with Crippen molar-refractivity contribution in [1.29, 1.82) is 0 Å². The SMILES string of the molecule is CC(C)N1CCCC(N2CCNCC(C)S2(=O)=O)C1. The van der Waals surface area contributed by atoms with Gasteiger partial charge in [0.05, 0.1) is 5.25 Å². The van der Waals surface area contributed by atoms with E-state index in [0.29, 0.717) is 19.1 Å². The maximum absolute atomic E-state index is 12.6. The lowest BCUT2D eigenvalue weighted by Gasteiger charge is -2.40. The summed E-state index contributed by atoms with van der Waals surface area (Å²) in [6, 6.07) is 0.650. The van der Waals surface area contributed by atoms with Gasteiger partial charge in [0.25, 0.3) is 0 Å². The normalized spacial score (nSPS) is 34.3. The van der Waals surface area contributed by atoms with E-state index in [0.717, 1.165) is 32.5 Å². The van der Waals surface area contributed by atoms with Crippen LogP contribution < -0.4 is 5.32 Å². The molecule has 0 amide bonds. The van der Waals surface area contributed by atoms with Gasteiger partial charge in [0.1, 0.15) is 0 Å². The number of nitrogens with one attached hydrogen (secondary N) is 1. The van der Waals surface area contributed by atoms with E-state index >= 15 is 0 Å². The predicted octanol–water partition coefficient (Wildman–Crippen LogP) is 0.483. The molecule has 6 heteroatoms. The molecule has 2 saturated heterocycles. The molecule has 2 aliphatic rings. The fourth-order valence-corrected chi connectivity index (χ4v) is 4.76. The molecule has 112 valence electrons. The summed E-state index contributed by atoms with van der Waals surface area (Å²) in [7, 11) is -3.14. The van der Waals surface area contributed by atoms with Crippen molar-refractivity contribution in [2.45, 2.75) is 50.9 Å². The van der Waals surface area contributed by atoms with Gasteiger partial charge < -0.3 is 5.32 Å². The van der Waals surface area contributed by atoms with Gasteiger partial charge in [-0.3, -0.25) is 4.90 Å². The van der Waals surface area contributed by atoms with Crippen molar-refractivity contribution >= 4 is 10.0 Å². The van der Waals surface area contributed by atoms with Gasteiger partial charge in [-0.25, -0.2) is 8.42 Å². The Morgan fingerprint density at radius 2 is 2.00 bits per heavy atom. The standard InChI is InChI=1S/C13H27N3O2S/c1-11(2)15-7-4-5-13(10-15)16-8-6-14-9-12(3)19(16,17)18/h11-14H,4-10H2,1-3H3. The van der Waals surface area contributed by atoms with Crippen molar-refractivity contribution in [3.63, 3.8) is 0 Å². The fourth-order valence-electron chi connectivity index (χ4n) is 3.04. The maximum atomic E-state index is 12.6. The highest BCUT2D eigenvalue weighted by Gasteiger charge is 2.37. The first-order chi connectivity index (χ1) is 8.93. The van der Waals surface area contributed by atoms with Crippen molar-refractivity contribution in [3.05, 3.63) is 0 Å². The number of rotatable bonds is 2. The first kappa shape index (κ1) is 15.2. The third kappa shape index (κ3) is 3.29. The van der Waals surface area contributed by atoms with E-state index in [4.69, 9.17) is 0 Å². The van der Waals surface area contributed by atoms with Gasteiger partial charge in [-0.05, 0) is 40.2 Å². The molecule has 2 fully saturated rings. The molecule has 0 bridgehead atoms. The minimum atomic E-state index is -3.14. The summed E-state index contributed by atoms with van der Waals surface area (Å²) >= 11 is 0. The van der Waals surface area contributed by atoms with Crippen molar-refractivity contribution in [2.24, 2.45) is 0 Å². The monoisotopic (exact) mass is 289 g/mol. The topological polar surface area (TPSA) is 52.6 Å². The number of piperidine rings is 1. The Balaban J connectivity index is 2.14. The Morgan fingerprint density at radius 1 is 1.26 bits per heavy atom. The minimum Gasteiger partial charge on any atom is -0.314 e. The number of likely N-dealkylation sites (tertiary alicyclic amines) is 1. The largest absolute Gasteiger partial charge is 0.314 e. The van der Waals surface area contributed by atoms with Crippen LogP contribution in [0.2, 0.25) is 0 Å². The van der Waals surface area contributed by atoms with E-state index in [1.54, 1.807) is 4.31 Å². The molecule has 0 saturated carbocycles. The molecule has 5 nitrogen and oxygen atoms in total. The van der Waals surface area contributed by atoms with Gasteiger partial charge in [-0.15, -0.1) is 0 Å². The molecule has 19 heavy (non-hydrogen) atoms. The van der Waals surface area contributed by atoms with Crippen LogP contribution >= 0.6 is 0 Å². The van der Waals surface area contributed by atoms with E-state index in [9.17, 15) is 8.42 Å². The maximum Gasteiger partial charge on any atom is 0.218 e. The van der Waals surface area contributed by atoms with Crippen molar-refractivity contribution < 1.29 is 8.42 Å². The van der Waals surface area contributed by atoms with Crippen LogP contribution in [0.15, 0.2) is 0 Å². The van der Waals surface area contributed by atoms with Gasteiger partial charge in [-0.2, -0.15) is 4.31 Å². The lowest BCUT2D eigenvalue weighted by atomic mass is 10.0. The van der Waals surface area contributed by atoms with E-state index in [1.807, 2.05) is 6.92 Å². The summed E-state index contributed by atoms with van der Waals surface area (Å²) < 4.78 is 26.9. The second kappa shape index (κ2) is 6.08. The highest BCUT2D eigenvalue weighted by Crippen LogP contribution is 2.23. The molecule has 0 radical (unpaired) electrons. The number of nitrogens with zero attached hydrogens (tertiary/aromatic N) is 2. The Morgan fingerprint density at radius 3 is 2.68 bits per heavy atom. The highest BCUT2D eigenvalue weighted by molar-refractivity contribution is 7.89. The summed E-state index contributed by atoms with van der Waals surface area (Å²) in [6.45, 7) is 10.1. The average Bonchev–Trinajstić information content (AvgIpc) is 2.50. The zero-order valence-corrected chi connectivity index (χ0v) is 13.1. The first-order valence-corrected chi connectivity index (χ1v) is 8.88. The molecule has 2 unspecified atom stereocenters. The third-order valence-corrected chi connectivity index (χ3v) is 6.66. The van der Waals surface area contributed by atoms with E-state index in [2.05, 4.69) is 24.1 Å². The summed E-state index contributed by atoms with van der Waals surface area (Å²) in [6.07, 6.45) is 2.09. The van der Waals surface area contributed by atoms with E-state index in [-0.39, 0.29) is 11.3 Å². The van der Waals surface area contributed by atoms with Crippen LogP contribution in [-0.4, -0.2) is 67.7 Å². The molecular formula is C13H27N3O2S. The smallest absolute Gasteiger partial charge is 0.218 e. The van der Waals surface area contributed by atoms with E-state index in [1.165, 1.54) is 0 Å². The molecule has 2 heterocycles. The highest BCUT2D eigenvalue weighted by atomic mass is 32.2. The minimum absolute atomic E-state index is 0.156. The summed E-state index contributed by atoms with van der Waals surface area (Å²) in [5.41, 5.74) is 0. The first-order valence-electron chi connectivity index (χ1n) is 7.38. The molecular weight excluding hydrogens is 262 g/mol. The second-order valence-corrected chi connectivity index (χ2v) is 8.36. The quantitative estimate of drug-likeness (QED) is 0.803. The zero-order valence-electron chi connectivity index (χ0n) is 12.3. The Hall–Kier alpha value is -0.170. The second-order valence-electron chi connectivity index (χ2n) is 6.06. The molecule has 0 aromatic rings. The Labute approximate surface area is 117 Å². The molecule has 0 aromatic heterocycles. The summed E-state index contributed by atoms with van der Waals surface area (Å²) in [5.74, 6) is 0. The predicted molar refractivity (Wildman–Crippen MR) is 77.7 cm³/mol. The Kier molecular flexibility index (Phi) is 4.87. The third-order valence-electron chi connectivity index (χ3n) is 4.34. The average molecular weight is 289 g/mol. The molecule has 0 aromatic carbocycles. The van der Waals surface area contributed by atoms with Gasteiger partial charge in [0.2, 0.25) is 10.0 Å². The Bertz CT molecular complexity index is 397. The summed E-state index contributed by atoms with van der Waals surface area (Å²) in [4.78, 5) is 2.40. The van der Waals surface area contributed by atoms with Crippen LogP contribution in [0.4, 0.5) is 0 Å². The molecule has 1 N–H and O–H groups in total. The van der Waals surface area contributed by atoms with Crippen molar-refractivity contribution in [2.75, 3.05) is 32.7 Å².